The lowest BCUT2D eigenvalue weighted by Gasteiger charge is -2.20. The van der Waals surface area contributed by atoms with E-state index in [1.165, 1.54) is 4.90 Å². The lowest BCUT2D eigenvalue weighted by molar-refractivity contribution is -0.154. The van der Waals surface area contributed by atoms with E-state index in [-0.39, 0.29) is 25.6 Å². The smallest absolute Gasteiger partial charge is 0.397 e. The maximum atomic E-state index is 12.0. The molecule has 0 unspecified atom stereocenters. The number of carbonyl (C=O) groups excluding carboxylic acids is 2. The molecule has 22 heavy (non-hydrogen) atoms. The highest BCUT2D eigenvalue weighted by Crippen LogP contribution is 2.22. The van der Waals surface area contributed by atoms with E-state index in [0.717, 1.165) is 5.56 Å². The fraction of sp³-hybridized carbons (Fsp3) is 0.429. The van der Waals surface area contributed by atoms with Gasteiger partial charge in [-0.3, -0.25) is 9.59 Å². The second-order valence-corrected chi connectivity index (χ2v) is 4.85. The largest absolute Gasteiger partial charge is 0.483 e. The van der Waals surface area contributed by atoms with Gasteiger partial charge >= 0.3 is 6.18 Å². The van der Waals surface area contributed by atoms with Crippen LogP contribution in [0.2, 0.25) is 0 Å². The zero-order valence-electron chi connectivity index (χ0n) is 11.7. The van der Waals surface area contributed by atoms with E-state index in [1.54, 1.807) is 18.2 Å². The van der Waals surface area contributed by atoms with Crippen LogP contribution in [0.1, 0.15) is 12.0 Å². The number of fused-ring (bicyclic) bond motifs is 1. The number of hydrogen-bond donors (Lipinski definition) is 1. The summed E-state index contributed by atoms with van der Waals surface area (Å²) in [5, 5.41) is 2.16. The maximum absolute atomic E-state index is 12.0. The second-order valence-electron chi connectivity index (χ2n) is 4.85. The van der Waals surface area contributed by atoms with Gasteiger partial charge in [0, 0.05) is 25.2 Å². The fourth-order valence-electron chi connectivity index (χ4n) is 2.08. The molecule has 0 spiro atoms. The second kappa shape index (κ2) is 6.67. The summed E-state index contributed by atoms with van der Waals surface area (Å²) in [5.41, 5.74) is 0.815. The van der Waals surface area contributed by atoms with Gasteiger partial charge in [0.15, 0.2) is 6.61 Å². The van der Waals surface area contributed by atoms with Crippen LogP contribution in [-0.4, -0.2) is 42.6 Å². The van der Waals surface area contributed by atoms with Crippen molar-refractivity contribution in [3.05, 3.63) is 29.8 Å². The first kappa shape index (κ1) is 16.1. The average Bonchev–Trinajstić information content (AvgIpc) is 2.57. The normalized spacial score (nSPS) is 14.9. The number of para-hydroxylation sites is 1. The Bertz CT molecular complexity index is 561. The van der Waals surface area contributed by atoms with Crippen molar-refractivity contribution in [3.63, 3.8) is 0 Å². The Labute approximate surface area is 125 Å². The predicted molar refractivity (Wildman–Crippen MR) is 71.0 cm³/mol. The molecular formula is C14H15F3N2O3. The minimum Gasteiger partial charge on any atom is -0.483 e. The lowest BCUT2D eigenvalue weighted by atomic mass is 10.2. The van der Waals surface area contributed by atoms with Crippen LogP contribution < -0.4 is 10.1 Å². The number of rotatable bonds is 4. The van der Waals surface area contributed by atoms with Crippen LogP contribution >= 0.6 is 0 Å². The predicted octanol–water partition coefficient (Wildman–Crippen LogP) is 1.48. The van der Waals surface area contributed by atoms with Crippen LogP contribution in [0.3, 0.4) is 0 Å². The van der Waals surface area contributed by atoms with E-state index in [0.29, 0.717) is 12.3 Å². The summed E-state index contributed by atoms with van der Waals surface area (Å²) in [7, 11) is 0. The summed E-state index contributed by atoms with van der Waals surface area (Å²) in [6, 6.07) is 7.15. The third kappa shape index (κ3) is 4.64. The Morgan fingerprint density at radius 2 is 2.05 bits per heavy atom. The molecule has 1 aliphatic rings. The van der Waals surface area contributed by atoms with Gasteiger partial charge in [0.2, 0.25) is 5.91 Å². The number of ether oxygens (including phenoxy) is 1. The molecule has 0 bridgehead atoms. The van der Waals surface area contributed by atoms with Gasteiger partial charge in [-0.25, -0.2) is 0 Å². The molecule has 1 N–H and O–H groups in total. The summed E-state index contributed by atoms with van der Waals surface area (Å²) < 4.78 is 41.4. The first-order chi connectivity index (χ1) is 10.3. The minimum absolute atomic E-state index is 0.0389. The zero-order valence-corrected chi connectivity index (χ0v) is 11.7. The molecule has 2 amide bonds. The van der Waals surface area contributed by atoms with Crippen molar-refractivity contribution in [3.8, 4) is 5.75 Å². The average molecular weight is 316 g/mol. The monoisotopic (exact) mass is 316 g/mol. The van der Waals surface area contributed by atoms with Gasteiger partial charge in [-0.05, 0) is 6.07 Å². The Balaban J connectivity index is 1.87. The molecule has 0 saturated heterocycles. The molecule has 0 atom stereocenters. The third-order valence-electron chi connectivity index (χ3n) is 3.10. The number of alkyl halides is 3. The number of nitrogens with zero attached hydrogens (tertiary/aromatic N) is 1. The van der Waals surface area contributed by atoms with Crippen LogP contribution in [0.15, 0.2) is 24.3 Å². The van der Waals surface area contributed by atoms with E-state index in [9.17, 15) is 22.8 Å². The molecule has 0 saturated carbocycles. The summed E-state index contributed by atoms with van der Waals surface area (Å²) in [5.74, 6) is -0.771. The highest BCUT2D eigenvalue weighted by molar-refractivity contribution is 5.79. The first-order valence-corrected chi connectivity index (χ1v) is 6.67. The molecule has 1 aliphatic heterocycles. The molecule has 120 valence electrons. The van der Waals surface area contributed by atoms with E-state index in [1.807, 2.05) is 6.07 Å². The van der Waals surface area contributed by atoms with Crippen molar-refractivity contribution in [2.45, 2.75) is 19.1 Å². The van der Waals surface area contributed by atoms with Crippen LogP contribution in [0, 0.1) is 0 Å². The number of halogens is 3. The molecule has 2 rings (SSSR count). The van der Waals surface area contributed by atoms with Gasteiger partial charge in [0.25, 0.3) is 5.91 Å². The number of carbonyl (C=O) groups is 2. The van der Waals surface area contributed by atoms with Crippen molar-refractivity contribution in [2.75, 3.05) is 19.7 Å². The SMILES string of the molecule is O=C(CC(F)(F)F)NCCN1Cc2ccccc2OCC1=O. The van der Waals surface area contributed by atoms with Crippen LogP contribution in [0.4, 0.5) is 13.2 Å². The molecule has 1 aromatic carbocycles. The number of hydrogen-bond acceptors (Lipinski definition) is 3. The van der Waals surface area contributed by atoms with Gasteiger partial charge in [-0.15, -0.1) is 0 Å². The van der Waals surface area contributed by atoms with E-state index in [4.69, 9.17) is 4.74 Å². The van der Waals surface area contributed by atoms with E-state index in [2.05, 4.69) is 5.32 Å². The minimum atomic E-state index is -4.53. The number of benzene rings is 1. The van der Waals surface area contributed by atoms with Crippen LogP contribution in [-0.2, 0) is 16.1 Å². The summed E-state index contributed by atoms with van der Waals surface area (Å²) in [6.07, 6.45) is -6.05. The Morgan fingerprint density at radius 3 is 2.77 bits per heavy atom. The van der Waals surface area contributed by atoms with Gasteiger partial charge in [0.1, 0.15) is 12.2 Å². The zero-order chi connectivity index (χ0) is 16.2. The number of amides is 2. The van der Waals surface area contributed by atoms with Crippen molar-refractivity contribution in [1.82, 2.24) is 10.2 Å². The Morgan fingerprint density at radius 1 is 1.32 bits per heavy atom. The topological polar surface area (TPSA) is 58.6 Å². The standard InChI is InChI=1S/C14H15F3N2O3/c15-14(16,17)7-12(20)18-5-6-19-8-10-3-1-2-4-11(10)22-9-13(19)21/h1-4H,5-9H2,(H,18,20). The molecular weight excluding hydrogens is 301 g/mol. The lowest BCUT2D eigenvalue weighted by Crippen LogP contribution is -2.39. The highest BCUT2D eigenvalue weighted by atomic mass is 19.4. The molecule has 1 aromatic rings. The quantitative estimate of drug-likeness (QED) is 0.915. The molecule has 0 aliphatic carbocycles. The van der Waals surface area contributed by atoms with Crippen molar-refractivity contribution in [1.29, 1.82) is 0 Å². The van der Waals surface area contributed by atoms with Gasteiger partial charge < -0.3 is 15.0 Å². The fourth-order valence-corrected chi connectivity index (χ4v) is 2.08. The summed E-state index contributed by atoms with van der Waals surface area (Å²) >= 11 is 0. The maximum Gasteiger partial charge on any atom is 0.397 e. The first-order valence-electron chi connectivity index (χ1n) is 6.67. The van der Waals surface area contributed by atoms with Crippen LogP contribution in [0.5, 0.6) is 5.75 Å². The summed E-state index contributed by atoms with van der Waals surface area (Å²) in [4.78, 5) is 24.4. The molecule has 0 aromatic heterocycles. The molecule has 0 fully saturated rings. The van der Waals surface area contributed by atoms with Crippen molar-refractivity contribution < 1.29 is 27.5 Å². The molecule has 5 nitrogen and oxygen atoms in total. The van der Waals surface area contributed by atoms with E-state index < -0.39 is 18.5 Å². The Hall–Kier alpha value is -2.25. The van der Waals surface area contributed by atoms with E-state index >= 15 is 0 Å². The van der Waals surface area contributed by atoms with Crippen LogP contribution in [0.25, 0.3) is 0 Å². The number of nitrogens with one attached hydrogen (secondary N) is 1. The molecule has 1 heterocycles. The highest BCUT2D eigenvalue weighted by Gasteiger charge is 2.31. The van der Waals surface area contributed by atoms with Crippen molar-refractivity contribution >= 4 is 11.8 Å². The van der Waals surface area contributed by atoms with Gasteiger partial charge in [-0.2, -0.15) is 13.2 Å². The van der Waals surface area contributed by atoms with Crippen molar-refractivity contribution in [2.24, 2.45) is 0 Å². The van der Waals surface area contributed by atoms with Gasteiger partial charge in [0.05, 0.1) is 0 Å². The molecule has 8 heteroatoms. The third-order valence-corrected chi connectivity index (χ3v) is 3.10. The molecule has 0 radical (unpaired) electrons. The van der Waals surface area contributed by atoms with Gasteiger partial charge in [-0.1, -0.05) is 18.2 Å². The Kier molecular flexibility index (Phi) is 4.89. The summed E-state index contributed by atoms with van der Waals surface area (Å²) in [6.45, 7) is 0.251.